The minimum Gasteiger partial charge on any atom is -0.397 e. The van der Waals surface area contributed by atoms with Gasteiger partial charge < -0.3 is 5.73 Å². The second kappa shape index (κ2) is 4.14. The summed E-state index contributed by atoms with van der Waals surface area (Å²) in [5.41, 5.74) is 4.77. The average molecular weight is 262 g/mol. The quantitative estimate of drug-likeness (QED) is 0.811. The average Bonchev–Trinajstić information content (AvgIpc) is 3.02. The molecule has 0 atom stereocenters. The minimum atomic E-state index is -3.67. The van der Waals surface area contributed by atoms with Crippen molar-refractivity contribution < 1.29 is 17.2 Å². The summed E-state index contributed by atoms with van der Waals surface area (Å²) in [6, 6.07) is 1.97. The van der Waals surface area contributed by atoms with Crippen LogP contribution in [0.4, 0.5) is 20.2 Å². The van der Waals surface area contributed by atoms with E-state index in [0.29, 0.717) is 0 Å². The summed E-state index contributed by atoms with van der Waals surface area (Å²) in [5, 5.41) is 0. The maximum absolute atomic E-state index is 13.4. The number of nitrogen functional groups attached to an aromatic ring is 1. The summed E-state index contributed by atoms with van der Waals surface area (Å²) in [4.78, 5) is 0. The van der Waals surface area contributed by atoms with Crippen LogP contribution < -0.4 is 10.5 Å². The molecule has 0 bridgehead atoms. The Morgan fingerprint density at radius 3 is 2.59 bits per heavy atom. The zero-order chi connectivity index (χ0) is 12.6. The predicted octanol–water partition coefficient (Wildman–Crippen LogP) is 1.70. The standard InChI is InChI=1S/C10H12F2N2O2S/c11-7-3-4-8(13)10(9(7)12)14-17(15,16)5-6-1-2-6/h3-4,6,14H,1-2,5,13H2. The fourth-order valence-corrected chi connectivity index (χ4v) is 3.02. The Labute approximate surface area is 97.9 Å². The summed E-state index contributed by atoms with van der Waals surface area (Å²) < 4.78 is 51.5. The first-order chi connectivity index (χ1) is 7.89. The third kappa shape index (κ3) is 2.85. The molecule has 0 amide bonds. The molecule has 4 nitrogen and oxygen atoms in total. The molecule has 1 aliphatic carbocycles. The van der Waals surface area contributed by atoms with Gasteiger partial charge in [0.25, 0.3) is 0 Å². The zero-order valence-electron chi connectivity index (χ0n) is 8.91. The molecule has 1 saturated carbocycles. The number of rotatable bonds is 4. The summed E-state index contributed by atoms with van der Waals surface area (Å²) in [6.45, 7) is 0. The van der Waals surface area contributed by atoms with Crippen LogP contribution in [0.15, 0.2) is 12.1 Å². The predicted molar refractivity (Wildman–Crippen MR) is 60.9 cm³/mol. The molecule has 1 aromatic carbocycles. The molecule has 1 aromatic rings. The van der Waals surface area contributed by atoms with E-state index in [2.05, 4.69) is 0 Å². The first-order valence-electron chi connectivity index (χ1n) is 5.13. The second-order valence-corrected chi connectivity index (χ2v) is 5.92. The lowest BCUT2D eigenvalue weighted by Crippen LogP contribution is -2.19. The molecule has 3 N–H and O–H groups in total. The number of benzene rings is 1. The van der Waals surface area contributed by atoms with E-state index in [9.17, 15) is 17.2 Å². The Balaban J connectivity index is 2.25. The van der Waals surface area contributed by atoms with Crippen molar-refractivity contribution >= 4 is 21.4 Å². The fourth-order valence-electron chi connectivity index (χ4n) is 1.46. The largest absolute Gasteiger partial charge is 0.397 e. The number of hydrogen-bond acceptors (Lipinski definition) is 3. The highest BCUT2D eigenvalue weighted by Gasteiger charge is 2.29. The van der Waals surface area contributed by atoms with Crippen molar-refractivity contribution in [2.75, 3.05) is 16.2 Å². The van der Waals surface area contributed by atoms with E-state index in [-0.39, 0.29) is 17.4 Å². The Morgan fingerprint density at radius 2 is 2.00 bits per heavy atom. The van der Waals surface area contributed by atoms with Crippen LogP contribution in [0, 0.1) is 17.6 Å². The van der Waals surface area contributed by atoms with Crippen LogP contribution in [-0.4, -0.2) is 14.2 Å². The van der Waals surface area contributed by atoms with Gasteiger partial charge in [-0.2, -0.15) is 0 Å². The second-order valence-electron chi connectivity index (χ2n) is 4.15. The highest BCUT2D eigenvalue weighted by molar-refractivity contribution is 7.92. The molecular weight excluding hydrogens is 250 g/mol. The Morgan fingerprint density at radius 1 is 1.35 bits per heavy atom. The third-order valence-electron chi connectivity index (χ3n) is 2.54. The van der Waals surface area contributed by atoms with Gasteiger partial charge in [0, 0.05) is 0 Å². The van der Waals surface area contributed by atoms with Crippen molar-refractivity contribution in [1.29, 1.82) is 0 Å². The molecule has 0 unspecified atom stereocenters. The van der Waals surface area contributed by atoms with Crippen molar-refractivity contribution in [3.63, 3.8) is 0 Å². The Kier molecular flexibility index (Phi) is 2.94. The van der Waals surface area contributed by atoms with Crippen molar-refractivity contribution in [3.05, 3.63) is 23.8 Å². The molecule has 0 aliphatic heterocycles. The van der Waals surface area contributed by atoms with Gasteiger partial charge in [-0.25, -0.2) is 17.2 Å². The van der Waals surface area contributed by atoms with Gasteiger partial charge in [0.05, 0.1) is 11.4 Å². The topological polar surface area (TPSA) is 72.2 Å². The van der Waals surface area contributed by atoms with Gasteiger partial charge in [-0.3, -0.25) is 4.72 Å². The lowest BCUT2D eigenvalue weighted by atomic mass is 10.2. The maximum Gasteiger partial charge on any atom is 0.233 e. The van der Waals surface area contributed by atoms with Gasteiger partial charge in [0.15, 0.2) is 11.6 Å². The number of hydrogen-bond donors (Lipinski definition) is 2. The van der Waals surface area contributed by atoms with Gasteiger partial charge in [0.2, 0.25) is 10.0 Å². The van der Waals surface area contributed by atoms with Crippen molar-refractivity contribution in [2.45, 2.75) is 12.8 Å². The van der Waals surface area contributed by atoms with Crippen LogP contribution in [0.1, 0.15) is 12.8 Å². The van der Waals surface area contributed by atoms with Crippen molar-refractivity contribution in [2.24, 2.45) is 5.92 Å². The lowest BCUT2D eigenvalue weighted by molar-refractivity contribution is 0.512. The van der Waals surface area contributed by atoms with E-state index < -0.39 is 27.3 Å². The molecule has 0 saturated heterocycles. The van der Waals surface area contributed by atoms with E-state index >= 15 is 0 Å². The van der Waals surface area contributed by atoms with Crippen LogP contribution in [0.5, 0.6) is 0 Å². The monoisotopic (exact) mass is 262 g/mol. The van der Waals surface area contributed by atoms with Gasteiger partial charge >= 0.3 is 0 Å². The molecule has 0 aromatic heterocycles. The molecular formula is C10H12F2N2O2S. The zero-order valence-corrected chi connectivity index (χ0v) is 9.73. The molecule has 0 heterocycles. The molecule has 2 rings (SSSR count). The van der Waals surface area contributed by atoms with E-state index in [1.165, 1.54) is 0 Å². The van der Waals surface area contributed by atoms with Gasteiger partial charge in [-0.15, -0.1) is 0 Å². The smallest absolute Gasteiger partial charge is 0.233 e. The molecule has 1 fully saturated rings. The number of anilines is 2. The SMILES string of the molecule is Nc1ccc(F)c(F)c1NS(=O)(=O)CC1CC1. The van der Waals surface area contributed by atoms with Crippen molar-refractivity contribution in [1.82, 2.24) is 0 Å². The lowest BCUT2D eigenvalue weighted by Gasteiger charge is -2.11. The van der Waals surface area contributed by atoms with Crippen LogP contribution >= 0.6 is 0 Å². The van der Waals surface area contributed by atoms with E-state index in [0.717, 1.165) is 25.0 Å². The van der Waals surface area contributed by atoms with E-state index in [4.69, 9.17) is 5.73 Å². The van der Waals surface area contributed by atoms with E-state index in [1.807, 2.05) is 4.72 Å². The third-order valence-corrected chi connectivity index (χ3v) is 3.96. The first-order valence-corrected chi connectivity index (χ1v) is 6.78. The summed E-state index contributed by atoms with van der Waals surface area (Å²) >= 11 is 0. The summed E-state index contributed by atoms with van der Waals surface area (Å²) in [7, 11) is -3.67. The number of nitrogens with one attached hydrogen (secondary N) is 1. The van der Waals surface area contributed by atoms with Crippen LogP contribution in [0.25, 0.3) is 0 Å². The molecule has 7 heteroatoms. The molecule has 94 valence electrons. The molecule has 0 radical (unpaired) electrons. The van der Waals surface area contributed by atoms with Crippen LogP contribution in [0.2, 0.25) is 0 Å². The highest BCUT2D eigenvalue weighted by Crippen LogP contribution is 2.32. The van der Waals surface area contributed by atoms with Gasteiger partial charge in [-0.1, -0.05) is 0 Å². The number of nitrogens with two attached hydrogens (primary N) is 1. The van der Waals surface area contributed by atoms with Crippen LogP contribution in [-0.2, 0) is 10.0 Å². The first kappa shape index (κ1) is 12.1. The Hall–Kier alpha value is -1.37. The fraction of sp³-hybridized carbons (Fsp3) is 0.400. The number of sulfonamides is 1. The minimum absolute atomic E-state index is 0.0810. The van der Waals surface area contributed by atoms with Gasteiger partial charge in [-0.05, 0) is 30.9 Å². The molecule has 0 spiro atoms. The highest BCUT2D eigenvalue weighted by atomic mass is 32.2. The van der Waals surface area contributed by atoms with Crippen molar-refractivity contribution in [3.8, 4) is 0 Å². The molecule has 17 heavy (non-hydrogen) atoms. The normalized spacial score (nSPS) is 15.9. The Bertz CT molecular complexity index is 541. The van der Waals surface area contributed by atoms with Gasteiger partial charge in [0.1, 0.15) is 5.69 Å². The van der Waals surface area contributed by atoms with Crippen LogP contribution in [0.3, 0.4) is 0 Å². The van der Waals surface area contributed by atoms with E-state index in [1.54, 1.807) is 0 Å². The molecule has 1 aliphatic rings. The maximum atomic E-state index is 13.4. The summed E-state index contributed by atoms with van der Waals surface area (Å²) in [5.74, 6) is -2.37. The summed E-state index contributed by atoms with van der Waals surface area (Å²) in [6.07, 6.45) is 1.70. The number of halogens is 2.